The molecule has 0 fully saturated rings. The Labute approximate surface area is 117 Å². The van der Waals surface area contributed by atoms with Crippen molar-refractivity contribution in [2.24, 2.45) is 0 Å². The number of nitrogens with one attached hydrogen (secondary N) is 1. The van der Waals surface area contributed by atoms with Crippen molar-refractivity contribution in [3.63, 3.8) is 0 Å². The third kappa shape index (κ3) is 2.79. The van der Waals surface area contributed by atoms with E-state index in [-0.39, 0.29) is 5.56 Å². The van der Waals surface area contributed by atoms with Gasteiger partial charge in [0.1, 0.15) is 11.6 Å². The molecule has 2 aromatic rings. The Morgan fingerprint density at radius 1 is 1.20 bits per heavy atom. The molecule has 0 saturated carbocycles. The zero-order valence-corrected chi connectivity index (χ0v) is 11.7. The predicted octanol–water partition coefficient (Wildman–Crippen LogP) is 3.70. The molecule has 0 heterocycles. The van der Waals surface area contributed by atoms with Gasteiger partial charge in [0, 0.05) is 0 Å². The summed E-state index contributed by atoms with van der Waals surface area (Å²) in [6, 6.07) is 10.1. The highest BCUT2D eigenvalue weighted by molar-refractivity contribution is 6.05. The fourth-order valence-electron chi connectivity index (χ4n) is 1.91. The highest BCUT2D eigenvalue weighted by Crippen LogP contribution is 2.26. The van der Waals surface area contributed by atoms with Crippen LogP contribution in [0, 0.1) is 19.7 Å². The van der Waals surface area contributed by atoms with E-state index in [1.54, 1.807) is 25.1 Å². The van der Waals surface area contributed by atoms with Gasteiger partial charge in [0.05, 0.1) is 18.4 Å². The molecule has 4 heteroatoms. The van der Waals surface area contributed by atoms with Crippen LogP contribution in [-0.4, -0.2) is 13.0 Å². The quantitative estimate of drug-likeness (QED) is 0.926. The maximum absolute atomic E-state index is 13.9. The van der Waals surface area contributed by atoms with E-state index in [1.807, 2.05) is 19.1 Å². The van der Waals surface area contributed by atoms with Crippen LogP contribution in [0.25, 0.3) is 0 Å². The topological polar surface area (TPSA) is 38.3 Å². The number of benzene rings is 2. The van der Waals surface area contributed by atoms with Gasteiger partial charge in [0.15, 0.2) is 0 Å². The van der Waals surface area contributed by atoms with E-state index in [9.17, 15) is 9.18 Å². The number of methoxy groups -OCH3 is 1. The highest BCUT2D eigenvalue weighted by Gasteiger charge is 2.15. The molecule has 0 aromatic heterocycles. The molecule has 0 aliphatic heterocycles. The summed E-state index contributed by atoms with van der Waals surface area (Å²) < 4.78 is 19.1. The molecule has 0 radical (unpaired) electrons. The third-order valence-corrected chi connectivity index (χ3v) is 3.04. The van der Waals surface area contributed by atoms with Crippen molar-refractivity contribution in [2.75, 3.05) is 12.4 Å². The van der Waals surface area contributed by atoms with Crippen molar-refractivity contribution < 1.29 is 13.9 Å². The van der Waals surface area contributed by atoms with Crippen molar-refractivity contribution in [3.8, 4) is 5.75 Å². The van der Waals surface area contributed by atoms with E-state index in [1.165, 1.54) is 13.2 Å². The van der Waals surface area contributed by atoms with Crippen molar-refractivity contribution in [1.82, 2.24) is 0 Å². The van der Waals surface area contributed by atoms with Crippen LogP contribution in [0.1, 0.15) is 21.5 Å². The Balaban J connectivity index is 2.30. The minimum atomic E-state index is -0.504. The summed E-state index contributed by atoms with van der Waals surface area (Å²) in [6.45, 7) is 3.55. The van der Waals surface area contributed by atoms with Gasteiger partial charge in [-0.1, -0.05) is 18.2 Å². The average Bonchev–Trinajstić information content (AvgIpc) is 2.43. The molecule has 0 aliphatic carbocycles. The molecule has 2 aromatic carbocycles. The summed E-state index contributed by atoms with van der Waals surface area (Å²) in [5.74, 6) is -0.448. The number of anilines is 1. The molecule has 3 nitrogen and oxygen atoms in total. The van der Waals surface area contributed by atoms with Gasteiger partial charge in [-0.15, -0.1) is 0 Å². The molecule has 2 rings (SSSR count). The van der Waals surface area contributed by atoms with Crippen LogP contribution in [0.2, 0.25) is 0 Å². The summed E-state index contributed by atoms with van der Waals surface area (Å²) in [7, 11) is 1.53. The normalized spacial score (nSPS) is 10.2. The molecule has 0 unspecified atom stereocenters. The van der Waals surface area contributed by atoms with E-state index in [0.717, 1.165) is 5.56 Å². The molecule has 104 valence electrons. The summed E-state index contributed by atoms with van der Waals surface area (Å²) in [5.41, 5.74) is 1.99. The maximum atomic E-state index is 13.9. The molecular formula is C16H16FNO2. The molecule has 0 aliphatic rings. The van der Waals surface area contributed by atoms with E-state index in [0.29, 0.717) is 17.0 Å². The van der Waals surface area contributed by atoms with Crippen LogP contribution in [0.4, 0.5) is 10.1 Å². The minimum absolute atomic E-state index is 0.0210. The van der Waals surface area contributed by atoms with Gasteiger partial charge < -0.3 is 10.1 Å². The maximum Gasteiger partial charge on any atom is 0.258 e. The van der Waals surface area contributed by atoms with Crippen LogP contribution in [0.5, 0.6) is 5.75 Å². The number of hydrogen-bond donors (Lipinski definition) is 1. The van der Waals surface area contributed by atoms with E-state index >= 15 is 0 Å². The van der Waals surface area contributed by atoms with Gasteiger partial charge >= 0.3 is 0 Å². The first kappa shape index (κ1) is 14.1. The fourth-order valence-corrected chi connectivity index (χ4v) is 1.91. The Morgan fingerprint density at radius 3 is 2.65 bits per heavy atom. The average molecular weight is 273 g/mol. The number of carbonyl (C=O) groups excluding carboxylic acids is 1. The molecule has 20 heavy (non-hydrogen) atoms. The number of hydrogen-bond acceptors (Lipinski definition) is 2. The second kappa shape index (κ2) is 5.74. The number of ether oxygens (including phenoxy) is 1. The molecule has 0 spiro atoms. The second-order valence-corrected chi connectivity index (χ2v) is 4.59. The molecule has 1 amide bonds. The lowest BCUT2D eigenvalue weighted by Crippen LogP contribution is -2.15. The van der Waals surface area contributed by atoms with Crippen molar-refractivity contribution >= 4 is 11.6 Å². The van der Waals surface area contributed by atoms with E-state index in [2.05, 4.69) is 5.32 Å². The summed E-state index contributed by atoms with van der Waals surface area (Å²) >= 11 is 0. The Kier molecular flexibility index (Phi) is 4.03. The lowest BCUT2D eigenvalue weighted by atomic mass is 10.1. The minimum Gasteiger partial charge on any atom is -0.495 e. The van der Waals surface area contributed by atoms with E-state index < -0.39 is 11.7 Å². The molecule has 0 saturated heterocycles. The number of amides is 1. The number of rotatable bonds is 3. The van der Waals surface area contributed by atoms with Crippen LogP contribution < -0.4 is 10.1 Å². The Hall–Kier alpha value is -2.36. The lowest BCUT2D eigenvalue weighted by Gasteiger charge is -2.11. The van der Waals surface area contributed by atoms with Crippen LogP contribution in [0.15, 0.2) is 36.4 Å². The molecule has 0 atom stereocenters. The molecule has 1 N–H and O–H groups in total. The van der Waals surface area contributed by atoms with Gasteiger partial charge in [-0.25, -0.2) is 4.39 Å². The smallest absolute Gasteiger partial charge is 0.258 e. The van der Waals surface area contributed by atoms with Gasteiger partial charge in [-0.05, 0) is 43.2 Å². The standard InChI is InChI=1S/C16H16FNO2/c1-10-7-8-13(14(9-10)20-3)18-16(19)12-6-4-5-11(2)15(12)17/h4-9H,1-3H3,(H,18,19). The van der Waals surface area contributed by atoms with Crippen LogP contribution in [-0.2, 0) is 0 Å². The largest absolute Gasteiger partial charge is 0.495 e. The molecular weight excluding hydrogens is 257 g/mol. The predicted molar refractivity (Wildman–Crippen MR) is 76.8 cm³/mol. The zero-order chi connectivity index (χ0) is 14.7. The number of aryl methyl sites for hydroxylation is 2. The van der Waals surface area contributed by atoms with Crippen LogP contribution >= 0.6 is 0 Å². The third-order valence-electron chi connectivity index (χ3n) is 3.04. The number of carbonyl (C=O) groups is 1. The van der Waals surface area contributed by atoms with Gasteiger partial charge in [-0.2, -0.15) is 0 Å². The number of halogens is 1. The van der Waals surface area contributed by atoms with Gasteiger partial charge in [-0.3, -0.25) is 4.79 Å². The first-order chi connectivity index (χ1) is 9.52. The summed E-state index contributed by atoms with van der Waals surface area (Å²) in [4.78, 5) is 12.1. The van der Waals surface area contributed by atoms with Crippen molar-refractivity contribution in [3.05, 3.63) is 58.9 Å². The summed E-state index contributed by atoms with van der Waals surface area (Å²) in [6.07, 6.45) is 0. The summed E-state index contributed by atoms with van der Waals surface area (Å²) in [5, 5.41) is 2.67. The SMILES string of the molecule is COc1cc(C)ccc1NC(=O)c1cccc(C)c1F. The van der Waals surface area contributed by atoms with Crippen LogP contribution in [0.3, 0.4) is 0 Å². The van der Waals surface area contributed by atoms with Crippen molar-refractivity contribution in [1.29, 1.82) is 0 Å². The fraction of sp³-hybridized carbons (Fsp3) is 0.188. The highest BCUT2D eigenvalue weighted by atomic mass is 19.1. The van der Waals surface area contributed by atoms with E-state index in [4.69, 9.17) is 4.74 Å². The zero-order valence-electron chi connectivity index (χ0n) is 11.7. The van der Waals surface area contributed by atoms with Crippen molar-refractivity contribution in [2.45, 2.75) is 13.8 Å². The van der Waals surface area contributed by atoms with Gasteiger partial charge in [0.2, 0.25) is 0 Å². The lowest BCUT2D eigenvalue weighted by molar-refractivity contribution is 0.102. The first-order valence-electron chi connectivity index (χ1n) is 6.24. The second-order valence-electron chi connectivity index (χ2n) is 4.59. The molecule has 0 bridgehead atoms. The Bertz CT molecular complexity index is 653. The first-order valence-corrected chi connectivity index (χ1v) is 6.24. The Morgan fingerprint density at radius 2 is 1.95 bits per heavy atom. The monoisotopic (exact) mass is 273 g/mol. The van der Waals surface area contributed by atoms with Gasteiger partial charge in [0.25, 0.3) is 5.91 Å².